The van der Waals surface area contributed by atoms with Gasteiger partial charge in [-0.25, -0.2) is 15.8 Å². The monoisotopic (exact) mass is 254 g/mol. The minimum Gasteiger partial charge on any atom is -0.308 e. The highest BCUT2D eigenvalue weighted by molar-refractivity contribution is 6.42. The molecule has 0 aliphatic rings. The standard InChI is InChI=1S/C10H8Cl2N4/c11-7-2-1-6(5-8(7)12)10-14-4-3-9(15-10)16-13/h1-5H,13H2,(H,14,15,16). The Morgan fingerprint density at radius 2 is 1.94 bits per heavy atom. The largest absolute Gasteiger partial charge is 0.308 e. The first kappa shape index (κ1) is 11.1. The van der Waals surface area contributed by atoms with Crippen LogP contribution in [0.2, 0.25) is 10.0 Å². The third-order valence-electron chi connectivity index (χ3n) is 1.98. The van der Waals surface area contributed by atoms with Gasteiger partial charge < -0.3 is 5.43 Å². The van der Waals surface area contributed by atoms with E-state index >= 15 is 0 Å². The number of nitrogens with zero attached hydrogens (tertiary/aromatic N) is 2. The van der Waals surface area contributed by atoms with Crippen LogP contribution in [0.25, 0.3) is 11.4 Å². The van der Waals surface area contributed by atoms with Crippen LogP contribution in [0.5, 0.6) is 0 Å². The molecule has 82 valence electrons. The molecule has 0 aliphatic carbocycles. The van der Waals surface area contributed by atoms with Gasteiger partial charge in [-0.1, -0.05) is 23.2 Å². The quantitative estimate of drug-likeness (QED) is 0.639. The number of rotatable bonds is 2. The molecule has 0 aliphatic heterocycles. The average Bonchev–Trinajstić information content (AvgIpc) is 2.33. The Morgan fingerprint density at radius 3 is 2.62 bits per heavy atom. The Hall–Kier alpha value is -1.36. The lowest BCUT2D eigenvalue weighted by atomic mass is 10.2. The summed E-state index contributed by atoms with van der Waals surface area (Å²) in [5, 5.41) is 0.965. The summed E-state index contributed by atoms with van der Waals surface area (Å²) in [7, 11) is 0. The molecule has 1 heterocycles. The number of nitrogen functional groups attached to an aromatic ring is 1. The maximum Gasteiger partial charge on any atom is 0.161 e. The van der Waals surface area contributed by atoms with E-state index in [1.807, 2.05) is 0 Å². The summed E-state index contributed by atoms with van der Waals surface area (Å²) in [6.45, 7) is 0. The van der Waals surface area contributed by atoms with Crippen LogP contribution in [0.3, 0.4) is 0 Å². The van der Waals surface area contributed by atoms with Gasteiger partial charge in [0.15, 0.2) is 5.82 Å². The van der Waals surface area contributed by atoms with E-state index < -0.39 is 0 Å². The van der Waals surface area contributed by atoms with Gasteiger partial charge in [0.2, 0.25) is 0 Å². The first-order valence-corrected chi connectivity index (χ1v) is 5.21. The lowest BCUT2D eigenvalue weighted by molar-refractivity contribution is 1.15. The SMILES string of the molecule is NNc1ccnc(-c2ccc(Cl)c(Cl)c2)n1. The van der Waals surface area contributed by atoms with Crippen molar-refractivity contribution in [1.82, 2.24) is 9.97 Å². The van der Waals surface area contributed by atoms with Crippen molar-refractivity contribution < 1.29 is 0 Å². The summed E-state index contributed by atoms with van der Waals surface area (Å²) in [4.78, 5) is 8.30. The second-order valence-electron chi connectivity index (χ2n) is 3.04. The number of benzene rings is 1. The minimum atomic E-state index is 0.467. The normalized spacial score (nSPS) is 10.2. The van der Waals surface area contributed by atoms with Crippen LogP contribution in [0.4, 0.5) is 5.82 Å². The number of hydrogen-bond donors (Lipinski definition) is 2. The molecular formula is C10H8Cl2N4. The fraction of sp³-hybridized carbons (Fsp3) is 0. The molecule has 1 aromatic heterocycles. The molecule has 16 heavy (non-hydrogen) atoms. The molecule has 0 radical (unpaired) electrons. The second-order valence-corrected chi connectivity index (χ2v) is 3.85. The molecule has 2 rings (SSSR count). The predicted molar refractivity (Wildman–Crippen MR) is 65.3 cm³/mol. The van der Waals surface area contributed by atoms with Crippen LogP contribution in [0, 0.1) is 0 Å². The van der Waals surface area contributed by atoms with Crippen molar-refractivity contribution >= 4 is 29.0 Å². The van der Waals surface area contributed by atoms with Gasteiger partial charge in [-0.3, -0.25) is 0 Å². The van der Waals surface area contributed by atoms with Crippen molar-refractivity contribution in [2.24, 2.45) is 5.84 Å². The van der Waals surface area contributed by atoms with Crippen LogP contribution < -0.4 is 11.3 Å². The molecule has 3 N–H and O–H groups in total. The van der Waals surface area contributed by atoms with Gasteiger partial charge in [0.05, 0.1) is 10.0 Å². The summed E-state index contributed by atoms with van der Waals surface area (Å²) in [6.07, 6.45) is 1.61. The third kappa shape index (κ3) is 2.24. The molecule has 0 saturated heterocycles. The van der Waals surface area contributed by atoms with E-state index in [0.29, 0.717) is 21.7 Å². The van der Waals surface area contributed by atoms with Crippen molar-refractivity contribution in [3.05, 3.63) is 40.5 Å². The molecule has 0 unspecified atom stereocenters. The second kappa shape index (κ2) is 4.65. The van der Waals surface area contributed by atoms with Crippen molar-refractivity contribution in [3.63, 3.8) is 0 Å². The zero-order chi connectivity index (χ0) is 11.5. The Kier molecular flexibility index (Phi) is 3.24. The van der Waals surface area contributed by atoms with E-state index in [0.717, 1.165) is 5.56 Å². The molecule has 0 saturated carbocycles. The van der Waals surface area contributed by atoms with Crippen molar-refractivity contribution in [3.8, 4) is 11.4 Å². The van der Waals surface area contributed by atoms with Crippen LogP contribution >= 0.6 is 23.2 Å². The van der Waals surface area contributed by atoms with E-state index in [2.05, 4.69) is 15.4 Å². The minimum absolute atomic E-state index is 0.467. The Balaban J connectivity index is 2.46. The predicted octanol–water partition coefficient (Wildman–Crippen LogP) is 2.74. The molecule has 2 aromatic rings. The van der Waals surface area contributed by atoms with E-state index in [4.69, 9.17) is 29.0 Å². The summed E-state index contributed by atoms with van der Waals surface area (Å²) >= 11 is 11.7. The molecule has 0 atom stereocenters. The van der Waals surface area contributed by atoms with Crippen molar-refractivity contribution in [1.29, 1.82) is 0 Å². The number of hydrazine groups is 1. The first-order valence-electron chi connectivity index (χ1n) is 4.46. The number of hydrogen-bond acceptors (Lipinski definition) is 4. The molecule has 1 aromatic carbocycles. The highest BCUT2D eigenvalue weighted by atomic mass is 35.5. The van der Waals surface area contributed by atoms with Crippen molar-refractivity contribution in [2.45, 2.75) is 0 Å². The fourth-order valence-corrected chi connectivity index (χ4v) is 1.51. The van der Waals surface area contributed by atoms with E-state index in [9.17, 15) is 0 Å². The Bertz CT molecular complexity index is 516. The molecule has 0 fully saturated rings. The van der Waals surface area contributed by atoms with Gasteiger partial charge in [0, 0.05) is 17.8 Å². The molecule has 0 spiro atoms. The number of nitrogens with one attached hydrogen (secondary N) is 1. The van der Waals surface area contributed by atoms with Gasteiger partial charge in [-0.15, -0.1) is 0 Å². The lowest BCUT2D eigenvalue weighted by Gasteiger charge is -2.04. The zero-order valence-electron chi connectivity index (χ0n) is 8.11. The topological polar surface area (TPSA) is 63.8 Å². The zero-order valence-corrected chi connectivity index (χ0v) is 9.63. The Morgan fingerprint density at radius 1 is 1.12 bits per heavy atom. The number of aromatic nitrogens is 2. The first-order chi connectivity index (χ1) is 7.70. The third-order valence-corrected chi connectivity index (χ3v) is 2.72. The molecule has 0 amide bonds. The summed E-state index contributed by atoms with van der Waals surface area (Å²) in [6, 6.07) is 6.87. The highest BCUT2D eigenvalue weighted by Crippen LogP contribution is 2.26. The fourth-order valence-electron chi connectivity index (χ4n) is 1.21. The van der Waals surface area contributed by atoms with E-state index in [-0.39, 0.29) is 0 Å². The number of halogens is 2. The van der Waals surface area contributed by atoms with Crippen LogP contribution in [-0.4, -0.2) is 9.97 Å². The highest BCUT2D eigenvalue weighted by Gasteiger charge is 2.05. The number of nitrogens with two attached hydrogens (primary N) is 1. The number of anilines is 1. The van der Waals surface area contributed by atoms with Crippen LogP contribution in [0.15, 0.2) is 30.5 Å². The lowest BCUT2D eigenvalue weighted by Crippen LogP contribution is -2.09. The Labute approximate surface area is 102 Å². The van der Waals surface area contributed by atoms with E-state index in [1.165, 1.54) is 0 Å². The summed E-state index contributed by atoms with van der Waals surface area (Å²) < 4.78 is 0. The smallest absolute Gasteiger partial charge is 0.161 e. The van der Waals surface area contributed by atoms with E-state index in [1.54, 1.807) is 30.5 Å². The van der Waals surface area contributed by atoms with Gasteiger partial charge in [-0.2, -0.15) is 0 Å². The van der Waals surface area contributed by atoms with Crippen LogP contribution in [0.1, 0.15) is 0 Å². The van der Waals surface area contributed by atoms with Gasteiger partial charge in [-0.05, 0) is 18.2 Å². The maximum atomic E-state index is 5.91. The molecule has 4 nitrogen and oxygen atoms in total. The van der Waals surface area contributed by atoms with Crippen molar-refractivity contribution in [2.75, 3.05) is 5.43 Å². The average molecular weight is 255 g/mol. The van der Waals surface area contributed by atoms with Crippen LogP contribution in [-0.2, 0) is 0 Å². The maximum absolute atomic E-state index is 5.91. The van der Waals surface area contributed by atoms with Gasteiger partial charge in [0.1, 0.15) is 5.82 Å². The molecular weight excluding hydrogens is 247 g/mol. The molecule has 0 bridgehead atoms. The van der Waals surface area contributed by atoms with Gasteiger partial charge in [0.25, 0.3) is 0 Å². The van der Waals surface area contributed by atoms with Gasteiger partial charge >= 0.3 is 0 Å². The molecule has 6 heteroatoms. The summed E-state index contributed by atoms with van der Waals surface area (Å²) in [5.41, 5.74) is 3.24. The summed E-state index contributed by atoms with van der Waals surface area (Å²) in [5.74, 6) is 6.34.